The summed E-state index contributed by atoms with van der Waals surface area (Å²) >= 11 is 0. The van der Waals surface area contributed by atoms with Gasteiger partial charge < -0.3 is 5.32 Å². The quantitative estimate of drug-likeness (QED) is 0.617. The molecule has 0 saturated carbocycles. The molecule has 0 aliphatic heterocycles. The zero-order chi connectivity index (χ0) is 13.3. The van der Waals surface area contributed by atoms with Gasteiger partial charge in [0.05, 0.1) is 0 Å². The van der Waals surface area contributed by atoms with E-state index in [1.165, 1.54) is 12.2 Å². The summed E-state index contributed by atoms with van der Waals surface area (Å²) in [4.78, 5) is 33.7. The zero-order valence-corrected chi connectivity index (χ0v) is 10.2. The Morgan fingerprint density at radius 1 is 1.06 bits per heavy atom. The van der Waals surface area contributed by atoms with Crippen LogP contribution in [0, 0.1) is 5.92 Å². The van der Waals surface area contributed by atoms with Crippen LogP contribution in [0.25, 0.3) is 0 Å². The monoisotopic (exact) mass is 237 g/mol. The first-order valence-corrected chi connectivity index (χ1v) is 5.57. The molecule has 0 aromatic carbocycles. The third-order valence-corrected chi connectivity index (χ3v) is 2.55. The maximum absolute atomic E-state index is 11.5. The minimum atomic E-state index is -0.312. The van der Waals surface area contributed by atoms with E-state index in [0.717, 1.165) is 0 Å². The molecule has 17 heavy (non-hydrogen) atoms. The Morgan fingerprint density at radius 3 is 1.76 bits per heavy atom. The first-order chi connectivity index (χ1) is 8.04. The lowest BCUT2D eigenvalue weighted by molar-refractivity contribution is -0.125. The molecular formula is C13H19NO3. The van der Waals surface area contributed by atoms with E-state index in [-0.39, 0.29) is 36.2 Å². The number of amides is 1. The number of allylic oxidation sites excluding steroid dienone is 2. The Morgan fingerprint density at radius 2 is 1.47 bits per heavy atom. The minimum Gasteiger partial charge on any atom is -0.359 e. The molecule has 0 aliphatic carbocycles. The van der Waals surface area contributed by atoms with Crippen LogP contribution in [-0.4, -0.2) is 24.5 Å². The molecule has 94 valence electrons. The second-order valence-electron chi connectivity index (χ2n) is 3.73. The SMILES string of the molecule is C=CC(=O)CCC(CCC(=O)C=C)C(=O)NC. The fraction of sp³-hybridized carbons (Fsp3) is 0.462. The van der Waals surface area contributed by atoms with Crippen LogP contribution in [0.15, 0.2) is 25.3 Å². The van der Waals surface area contributed by atoms with E-state index >= 15 is 0 Å². The highest BCUT2D eigenvalue weighted by atomic mass is 16.2. The molecular weight excluding hydrogens is 218 g/mol. The molecule has 0 spiro atoms. The van der Waals surface area contributed by atoms with Gasteiger partial charge in [-0.1, -0.05) is 13.2 Å². The molecule has 0 fully saturated rings. The summed E-state index contributed by atoms with van der Waals surface area (Å²) in [6.07, 6.45) is 3.93. The van der Waals surface area contributed by atoms with Gasteiger partial charge in [0.2, 0.25) is 5.91 Å². The number of carbonyl (C=O) groups is 3. The lowest BCUT2D eigenvalue weighted by Gasteiger charge is -2.13. The normalized spacial score (nSPS) is 9.76. The van der Waals surface area contributed by atoms with E-state index in [1.807, 2.05) is 0 Å². The number of hydrogen-bond acceptors (Lipinski definition) is 3. The van der Waals surface area contributed by atoms with Gasteiger partial charge in [0.25, 0.3) is 0 Å². The van der Waals surface area contributed by atoms with Gasteiger partial charge >= 0.3 is 0 Å². The summed E-state index contributed by atoms with van der Waals surface area (Å²) in [6, 6.07) is 0. The van der Waals surface area contributed by atoms with Crippen molar-refractivity contribution in [1.29, 1.82) is 0 Å². The first kappa shape index (κ1) is 15.3. The number of hydrogen-bond donors (Lipinski definition) is 1. The molecule has 0 unspecified atom stereocenters. The van der Waals surface area contributed by atoms with Crippen LogP contribution in [-0.2, 0) is 14.4 Å². The number of carbonyl (C=O) groups excluding carboxylic acids is 3. The van der Waals surface area contributed by atoms with Crippen molar-refractivity contribution in [1.82, 2.24) is 5.32 Å². The summed E-state index contributed by atoms with van der Waals surface area (Å²) in [7, 11) is 1.54. The van der Waals surface area contributed by atoms with Crippen molar-refractivity contribution in [2.24, 2.45) is 5.92 Å². The molecule has 0 rings (SSSR count). The largest absolute Gasteiger partial charge is 0.359 e. The summed E-state index contributed by atoms with van der Waals surface area (Å²) in [5, 5.41) is 2.54. The summed E-state index contributed by atoms with van der Waals surface area (Å²) in [5.74, 6) is -0.630. The van der Waals surface area contributed by atoms with Crippen LogP contribution in [0.1, 0.15) is 25.7 Å². The standard InChI is InChI=1S/C13H19NO3/c1-4-11(15)8-6-10(13(17)14-3)7-9-12(16)5-2/h4-5,10H,1-2,6-9H2,3H3,(H,14,17). The average molecular weight is 237 g/mol. The van der Waals surface area contributed by atoms with Crippen LogP contribution in [0.2, 0.25) is 0 Å². The van der Waals surface area contributed by atoms with Crippen LogP contribution in [0.5, 0.6) is 0 Å². The third-order valence-electron chi connectivity index (χ3n) is 2.55. The average Bonchev–Trinajstić information content (AvgIpc) is 2.36. The Bertz CT molecular complexity index is 297. The van der Waals surface area contributed by atoms with Crippen LogP contribution in [0.3, 0.4) is 0 Å². The molecule has 1 amide bonds. The summed E-state index contributed by atoms with van der Waals surface area (Å²) < 4.78 is 0. The second-order valence-corrected chi connectivity index (χ2v) is 3.73. The van der Waals surface area contributed by atoms with E-state index in [1.54, 1.807) is 7.05 Å². The first-order valence-electron chi connectivity index (χ1n) is 5.57. The molecule has 0 atom stereocenters. The van der Waals surface area contributed by atoms with Gasteiger partial charge in [0.15, 0.2) is 11.6 Å². The van der Waals surface area contributed by atoms with Crippen molar-refractivity contribution in [2.75, 3.05) is 7.05 Å². The summed E-state index contributed by atoms with van der Waals surface area (Å²) in [6.45, 7) is 6.75. The molecule has 0 bridgehead atoms. The molecule has 0 saturated heterocycles. The predicted octanol–water partition coefficient (Wildman–Crippen LogP) is 1.42. The Kier molecular flexibility index (Phi) is 7.59. The fourth-order valence-electron chi connectivity index (χ4n) is 1.45. The minimum absolute atomic E-state index is 0.0889. The Balaban J connectivity index is 4.28. The van der Waals surface area contributed by atoms with Crippen molar-refractivity contribution in [2.45, 2.75) is 25.7 Å². The van der Waals surface area contributed by atoms with Gasteiger partial charge in [0.1, 0.15) is 0 Å². The van der Waals surface area contributed by atoms with Gasteiger partial charge in [-0.3, -0.25) is 14.4 Å². The van der Waals surface area contributed by atoms with Gasteiger partial charge in [-0.2, -0.15) is 0 Å². The van der Waals surface area contributed by atoms with Crippen molar-refractivity contribution in [3.8, 4) is 0 Å². The number of ketones is 2. The van der Waals surface area contributed by atoms with Crippen molar-refractivity contribution < 1.29 is 14.4 Å². The highest BCUT2D eigenvalue weighted by molar-refractivity contribution is 5.90. The molecule has 4 nitrogen and oxygen atoms in total. The maximum atomic E-state index is 11.5. The molecule has 0 aromatic heterocycles. The molecule has 0 aromatic rings. The van der Waals surface area contributed by atoms with E-state index in [4.69, 9.17) is 0 Å². The molecule has 0 radical (unpaired) electrons. The van der Waals surface area contributed by atoms with E-state index in [2.05, 4.69) is 18.5 Å². The van der Waals surface area contributed by atoms with E-state index in [0.29, 0.717) is 12.8 Å². The second kappa shape index (κ2) is 8.44. The maximum Gasteiger partial charge on any atom is 0.222 e. The summed E-state index contributed by atoms with van der Waals surface area (Å²) in [5.41, 5.74) is 0. The fourth-order valence-corrected chi connectivity index (χ4v) is 1.45. The number of nitrogens with one attached hydrogen (secondary N) is 1. The topological polar surface area (TPSA) is 63.2 Å². The van der Waals surface area contributed by atoms with Gasteiger partial charge in [-0.05, 0) is 25.0 Å². The zero-order valence-electron chi connectivity index (χ0n) is 10.2. The van der Waals surface area contributed by atoms with Gasteiger partial charge in [0, 0.05) is 25.8 Å². The lowest BCUT2D eigenvalue weighted by atomic mass is 9.94. The van der Waals surface area contributed by atoms with Crippen LogP contribution in [0.4, 0.5) is 0 Å². The Hall–Kier alpha value is -1.71. The Labute approximate surface area is 102 Å². The van der Waals surface area contributed by atoms with Crippen molar-refractivity contribution >= 4 is 17.5 Å². The van der Waals surface area contributed by atoms with Crippen LogP contribution < -0.4 is 5.32 Å². The van der Waals surface area contributed by atoms with Crippen LogP contribution >= 0.6 is 0 Å². The van der Waals surface area contributed by atoms with Gasteiger partial charge in [-0.15, -0.1) is 0 Å². The molecule has 0 heterocycles. The third kappa shape index (κ3) is 6.45. The predicted molar refractivity (Wildman–Crippen MR) is 66.4 cm³/mol. The lowest BCUT2D eigenvalue weighted by Crippen LogP contribution is -2.28. The smallest absolute Gasteiger partial charge is 0.222 e. The van der Waals surface area contributed by atoms with Crippen molar-refractivity contribution in [3.63, 3.8) is 0 Å². The molecule has 1 N–H and O–H groups in total. The van der Waals surface area contributed by atoms with E-state index < -0.39 is 0 Å². The number of rotatable bonds is 9. The molecule has 4 heteroatoms. The van der Waals surface area contributed by atoms with Gasteiger partial charge in [-0.25, -0.2) is 0 Å². The van der Waals surface area contributed by atoms with E-state index in [9.17, 15) is 14.4 Å². The van der Waals surface area contributed by atoms with Crippen molar-refractivity contribution in [3.05, 3.63) is 25.3 Å². The highest BCUT2D eigenvalue weighted by Gasteiger charge is 2.18. The molecule has 0 aliphatic rings. The highest BCUT2D eigenvalue weighted by Crippen LogP contribution is 2.15.